The minimum atomic E-state index is -1.69. The summed E-state index contributed by atoms with van der Waals surface area (Å²) in [5.74, 6) is 0.905. The highest BCUT2D eigenvalue weighted by atomic mass is 28.4. The molecule has 0 aliphatic rings. The molecule has 1 rings (SSSR count). The van der Waals surface area contributed by atoms with Gasteiger partial charge < -0.3 is 4.43 Å². The Balaban J connectivity index is 2.79. The predicted molar refractivity (Wildman–Crippen MR) is 60.9 cm³/mol. The molecule has 1 aromatic heterocycles. The molecule has 3 heteroatoms. The molecular weight excluding hydrogens is 192 g/mol. The Labute approximate surface area is 87.0 Å². The summed E-state index contributed by atoms with van der Waals surface area (Å²) in [4.78, 5) is 0. The maximum Gasteiger partial charge on any atom is 0.321 e. The van der Waals surface area contributed by atoms with Gasteiger partial charge in [-0.25, -0.2) is 4.42 Å². The molecule has 0 saturated carbocycles. The molecule has 0 fully saturated rings. The summed E-state index contributed by atoms with van der Waals surface area (Å²) >= 11 is 0. The third-order valence-electron chi connectivity index (χ3n) is 2.80. The largest absolute Gasteiger partial charge is 0.543 e. The Morgan fingerprint density at radius 2 is 1.64 bits per heavy atom. The molecule has 14 heavy (non-hydrogen) atoms. The molecule has 0 aromatic carbocycles. The zero-order valence-electron chi connectivity index (χ0n) is 9.63. The molecule has 0 bridgehead atoms. The van der Waals surface area contributed by atoms with Gasteiger partial charge in [0.1, 0.15) is 5.75 Å². The second-order valence-electron chi connectivity index (χ2n) is 5.01. The molecular formula is C11H19O2Si+. The fourth-order valence-electron chi connectivity index (χ4n) is 0.829. The number of rotatable bonds is 2. The van der Waals surface area contributed by atoms with Gasteiger partial charge in [0.15, 0.2) is 0 Å². The number of hydrogen-bond acceptors (Lipinski definition) is 1. The van der Waals surface area contributed by atoms with Crippen molar-refractivity contribution in [2.45, 2.75) is 38.9 Å². The average molecular weight is 211 g/mol. The smallest absolute Gasteiger partial charge is 0.321 e. The van der Waals surface area contributed by atoms with E-state index in [-0.39, 0.29) is 5.04 Å². The van der Waals surface area contributed by atoms with Crippen LogP contribution < -0.4 is 4.43 Å². The SMILES string of the molecule is CC(C)(C)[Si](C)(C)Oc1cc[o+]cc1. The predicted octanol–water partition coefficient (Wildman–Crippen LogP) is 3.94. The molecule has 0 N–H and O–H groups in total. The molecule has 1 heterocycles. The third kappa shape index (κ3) is 2.58. The second-order valence-corrected chi connectivity index (χ2v) is 9.73. The molecule has 0 saturated heterocycles. The van der Waals surface area contributed by atoms with E-state index in [0.717, 1.165) is 5.75 Å². The van der Waals surface area contributed by atoms with Gasteiger partial charge in [0.05, 0.1) is 12.1 Å². The maximum atomic E-state index is 6.05. The summed E-state index contributed by atoms with van der Waals surface area (Å²) in [6, 6.07) is 3.72. The fourth-order valence-corrected chi connectivity index (χ4v) is 1.86. The van der Waals surface area contributed by atoms with E-state index in [2.05, 4.69) is 33.9 Å². The Hall–Kier alpha value is -0.833. The zero-order valence-corrected chi connectivity index (χ0v) is 10.6. The average Bonchev–Trinajstić information content (AvgIpc) is 2.03. The minimum absolute atomic E-state index is 0.236. The van der Waals surface area contributed by atoms with E-state index in [1.807, 2.05) is 12.1 Å². The van der Waals surface area contributed by atoms with E-state index in [0.29, 0.717) is 0 Å². The lowest BCUT2D eigenvalue weighted by Gasteiger charge is -2.36. The van der Waals surface area contributed by atoms with E-state index in [1.165, 1.54) is 0 Å². The van der Waals surface area contributed by atoms with Gasteiger partial charge in [-0.3, -0.25) is 0 Å². The fraction of sp³-hybridized carbons (Fsp3) is 0.545. The van der Waals surface area contributed by atoms with Crippen LogP contribution in [0.1, 0.15) is 20.8 Å². The van der Waals surface area contributed by atoms with Gasteiger partial charge in [-0.15, -0.1) is 0 Å². The summed E-state index contributed by atoms with van der Waals surface area (Å²) in [6.45, 7) is 11.2. The quantitative estimate of drug-likeness (QED) is 0.545. The highest BCUT2D eigenvalue weighted by molar-refractivity contribution is 6.74. The van der Waals surface area contributed by atoms with Crippen LogP contribution in [0.5, 0.6) is 5.75 Å². The third-order valence-corrected chi connectivity index (χ3v) is 7.16. The Morgan fingerprint density at radius 3 is 2.07 bits per heavy atom. The van der Waals surface area contributed by atoms with E-state index >= 15 is 0 Å². The van der Waals surface area contributed by atoms with Crippen LogP contribution in [0.15, 0.2) is 29.1 Å². The molecule has 2 nitrogen and oxygen atoms in total. The zero-order chi connectivity index (χ0) is 10.8. The van der Waals surface area contributed by atoms with Crippen molar-refractivity contribution in [3.05, 3.63) is 24.7 Å². The topological polar surface area (TPSA) is 20.5 Å². The van der Waals surface area contributed by atoms with Crippen LogP contribution in [0, 0.1) is 0 Å². The Kier molecular flexibility index (Phi) is 3.00. The van der Waals surface area contributed by atoms with Crippen LogP contribution in [0.3, 0.4) is 0 Å². The summed E-state index contributed by atoms with van der Waals surface area (Å²) in [5, 5.41) is 0.236. The standard InChI is InChI=1S/C11H19O2Si/c1-11(2,3)14(4,5)13-10-6-8-12-9-7-10/h6-9H,1-5H3/q+1. The van der Waals surface area contributed by atoms with Crippen molar-refractivity contribution in [3.8, 4) is 5.75 Å². The lowest BCUT2D eigenvalue weighted by Crippen LogP contribution is -2.43. The van der Waals surface area contributed by atoms with Crippen LogP contribution in [-0.2, 0) is 0 Å². The van der Waals surface area contributed by atoms with Gasteiger partial charge in [0.2, 0.25) is 8.32 Å². The van der Waals surface area contributed by atoms with Crippen LogP contribution in [0.25, 0.3) is 0 Å². The normalized spacial score (nSPS) is 12.6. The first kappa shape index (κ1) is 11.2. The molecule has 1 aromatic rings. The monoisotopic (exact) mass is 211 g/mol. The van der Waals surface area contributed by atoms with Crippen molar-refractivity contribution >= 4 is 8.32 Å². The van der Waals surface area contributed by atoms with E-state index in [4.69, 9.17) is 8.84 Å². The van der Waals surface area contributed by atoms with Crippen molar-refractivity contribution in [1.29, 1.82) is 0 Å². The van der Waals surface area contributed by atoms with Crippen LogP contribution >= 0.6 is 0 Å². The van der Waals surface area contributed by atoms with Crippen molar-refractivity contribution in [2.75, 3.05) is 0 Å². The summed E-state index contributed by atoms with van der Waals surface area (Å²) in [5.41, 5.74) is 0. The molecule has 0 atom stereocenters. The van der Waals surface area contributed by atoms with Crippen molar-refractivity contribution in [1.82, 2.24) is 0 Å². The molecule has 0 amide bonds. The van der Waals surface area contributed by atoms with Gasteiger partial charge in [0, 0.05) is 0 Å². The molecule has 0 spiro atoms. The van der Waals surface area contributed by atoms with Gasteiger partial charge in [0.25, 0.3) is 0 Å². The Morgan fingerprint density at radius 1 is 1.14 bits per heavy atom. The minimum Gasteiger partial charge on any atom is -0.543 e. The van der Waals surface area contributed by atoms with Crippen LogP contribution in [0.4, 0.5) is 0 Å². The summed E-state index contributed by atoms with van der Waals surface area (Å²) in [6.07, 6.45) is 3.28. The summed E-state index contributed by atoms with van der Waals surface area (Å²) < 4.78 is 11.0. The molecule has 0 aliphatic heterocycles. The van der Waals surface area contributed by atoms with Crippen molar-refractivity contribution in [3.63, 3.8) is 0 Å². The van der Waals surface area contributed by atoms with Gasteiger partial charge >= 0.3 is 12.5 Å². The van der Waals surface area contributed by atoms with E-state index in [1.54, 1.807) is 12.5 Å². The highest BCUT2D eigenvalue weighted by Gasteiger charge is 2.39. The molecule has 0 aliphatic carbocycles. The van der Waals surface area contributed by atoms with Gasteiger partial charge in [-0.05, 0) is 18.1 Å². The second kappa shape index (κ2) is 3.73. The van der Waals surface area contributed by atoms with Crippen molar-refractivity contribution in [2.24, 2.45) is 0 Å². The molecule has 0 unspecified atom stereocenters. The van der Waals surface area contributed by atoms with Gasteiger partial charge in [-0.1, -0.05) is 20.8 Å². The summed E-state index contributed by atoms with van der Waals surface area (Å²) in [7, 11) is -1.69. The first-order valence-corrected chi connectivity index (χ1v) is 7.78. The lowest BCUT2D eigenvalue weighted by atomic mass is 10.2. The van der Waals surface area contributed by atoms with Crippen LogP contribution in [0.2, 0.25) is 18.1 Å². The lowest BCUT2D eigenvalue weighted by molar-refractivity contribution is 0.477. The van der Waals surface area contributed by atoms with Crippen LogP contribution in [-0.4, -0.2) is 8.32 Å². The van der Waals surface area contributed by atoms with E-state index in [9.17, 15) is 0 Å². The Bertz CT molecular complexity index is 288. The van der Waals surface area contributed by atoms with E-state index < -0.39 is 8.32 Å². The maximum absolute atomic E-state index is 6.05. The molecule has 78 valence electrons. The first-order chi connectivity index (χ1) is 6.33. The van der Waals surface area contributed by atoms with Crippen molar-refractivity contribution < 1.29 is 8.84 Å². The first-order valence-electron chi connectivity index (χ1n) is 4.87. The highest BCUT2D eigenvalue weighted by Crippen LogP contribution is 2.37. The molecule has 0 radical (unpaired) electrons. The number of hydrogen-bond donors (Lipinski definition) is 0. The van der Waals surface area contributed by atoms with Gasteiger partial charge in [-0.2, -0.15) is 0 Å².